The molecule has 3 fully saturated rings. The highest BCUT2D eigenvalue weighted by Gasteiger charge is 2.55. The number of hydrogen-bond acceptors (Lipinski definition) is 5. The molecule has 3 nitrogen and oxygen atoms in total. The number of methoxy groups -OCH3 is 1. The van der Waals surface area contributed by atoms with Gasteiger partial charge < -0.3 is 9.47 Å². The second kappa shape index (κ2) is 6.83. The highest BCUT2D eigenvalue weighted by molar-refractivity contribution is 8.21. The molecule has 130 valence electrons. The first-order chi connectivity index (χ1) is 11.7. The highest BCUT2D eigenvalue weighted by atomic mass is 32.2. The summed E-state index contributed by atoms with van der Waals surface area (Å²) >= 11 is 4.35. The van der Waals surface area contributed by atoms with Gasteiger partial charge in [0.15, 0.2) is 0 Å². The van der Waals surface area contributed by atoms with E-state index in [9.17, 15) is 4.79 Å². The molecule has 2 aliphatic carbocycles. The lowest BCUT2D eigenvalue weighted by Gasteiger charge is -2.51. The normalized spacial score (nSPS) is 31.0. The standard InChI is InChI=1S/C19H24O3S2/c1-21-16-5-7-17(8-6-16)22-18(20)13-11-14-3-2-4-15(12-13)19(14)23-9-10-24-19/h5-8,13-15H,2-4,9-12H2,1H3. The zero-order valence-corrected chi connectivity index (χ0v) is 15.7. The summed E-state index contributed by atoms with van der Waals surface area (Å²) in [6, 6.07) is 7.28. The van der Waals surface area contributed by atoms with Crippen LogP contribution in [-0.2, 0) is 4.79 Å². The van der Waals surface area contributed by atoms with Crippen LogP contribution in [0.5, 0.6) is 11.5 Å². The molecule has 1 saturated heterocycles. The summed E-state index contributed by atoms with van der Waals surface area (Å²) in [6.07, 6.45) is 5.90. The molecule has 2 saturated carbocycles. The third-order valence-electron chi connectivity index (χ3n) is 5.73. The lowest BCUT2D eigenvalue weighted by Crippen LogP contribution is -2.48. The first kappa shape index (κ1) is 16.6. The van der Waals surface area contributed by atoms with Crippen molar-refractivity contribution in [2.45, 2.75) is 36.2 Å². The van der Waals surface area contributed by atoms with Crippen LogP contribution in [0.1, 0.15) is 32.1 Å². The largest absolute Gasteiger partial charge is 0.497 e. The Labute approximate surface area is 152 Å². The molecule has 1 heterocycles. The van der Waals surface area contributed by atoms with Crippen LogP contribution in [0.4, 0.5) is 0 Å². The van der Waals surface area contributed by atoms with Crippen LogP contribution in [0.25, 0.3) is 0 Å². The van der Waals surface area contributed by atoms with Gasteiger partial charge in [-0.15, -0.1) is 23.5 Å². The van der Waals surface area contributed by atoms with E-state index in [-0.39, 0.29) is 11.9 Å². The van der Waals surface area contributed by atoms with Gasteiger partial charge in [0.05, 0.1) is 17.1 Å². The number of carbonyl (C=O) groups is 1. The van der Waals surface area contributed by atoms with Gasteiger partial charge in [-0.2, -0.15) is 0 Å². The van der Waals surface area contributed by atoms with Crippen molar-refractivity contribution in [3.63, 3.8) is 0 Å². The third-order valence-corrected chi connectivity index (χ3v) is 9.75. The van der Waals surface area contributed by atoms with Gasteiger partial charge in [-0.25, -0.2) is 0 Å². The van der Waals surface area contributed by atoms with Crippen molar-refractivity contribution in [2.24, 2.45) is 17.8 Å². The predicted molar refractivity (Wildman–Crippen MR) is 99.8 cm³/mol. The van der Waals surface area contributed by atoms with E-state index in [1.807, 2.05) is 24.3 Å². The van der Waals surface area contributed by atoms with E-state index in [0.717, 1.165) is 18.6 Å². The van der Waals surface area contributed by atoms with E-state index in [0.29, 0.717) is 21.7 Å². The maximum atomic E-state index is 12.7. The highest BCUT2D eigenvalue weighted by Crippen LogP contribution is 2.64. The lowest BCUT2D eigenvalue weighted by atomic mass is 9.67. The first-order valence-electron chi connectivity index (χ1n) is 8.85. The van der Waals surface area contributed by atoms with E-state index in [1.54, 1.807) is 7.11 Å². The lowest BCUT2D eigenvalue weighted by molar-refractivity contribution is -0.141. The average Bonchev–Trinajstić information content (AvgIpc) is 3.05. The smallest absolute Gasteiger partial charge is 0.314 e. The van der Waals surface area contributed by atoms with Crippen LogP contribution in [0, 0.1) is 17.8 Å². The Morgan fingerprint density at radius 3 is 2.21 bits per heavy atom. The minimum absolute atomic E-state index is 0.0417. The predicted octanol–water partition coefficient (Wildman–Crippen LogP) is 4.60. The monoisotopic (exact) mass is 364 g/mol. The van der Waals surface area contributed by atoms with Gasteiger partial charge in [-0.3, -0.25) is 4.79 Å². The molecule has 2 bridgehead atoms. The molecular formula is C19H24O3S2. The Hall–Kier alpha value is -0.810. The van der Waals surface area contributed by atoms with Crippen LogP contribution in [0.15, 0.2) is 24.3 Å². The Kier molecular flexibility index (Phi) is 4.74. The van der Waals surface area contributed by atoms with Crippen LogP contribution in [0.3, 0.4) is 0 Å². The van der Waals surface area contributed by atoms with Crippen molar-refractivity contribution >= 4 is 29.5 Å². The van der Waals surface area contributed by atoms with Crippen molar-refractivity contribution in [3.8, 4) is 11.5 Å². The molecule has 2 atom stereocenters. The molecule has 2 unspecified atom stereocenters. The molecule has 1 spiro atoms. The number of ether oxygens (including phenoxy) is 2. The molecular weight excluding hydrogens is 340 g/mol. The zero-order valence-electron chi connectivity index (χ0n) is 14.0. The minimum Gasteiger partial charge on any atom is -0.497 e. The Morgan fingerprint density at radius 1 is 1.04 bits per heavy atom. The van der Waals surface area contributed by atoms with E-state index < -0.39 is 0 Å². The van der Waals surface area contributed by atoms with Crippen LogP contribution in [-0.4, -0.2) is 28.7 Å². The average molecular weight is 365 g/mol. The van der Waals surface area contributed by atoms with Gasteiger partial charge >= 0.3 is 5.97 Å². The maximum Gasteiger partial charge on any atom is 0.314 e. The van der Waals surface area contributed by atoms with Crippen molar-refractivity contribution in [1.82, 2.24) is 0 Å². The molecule has 1 aliphatic heterocycles. The third kappa shape index (κ3) is 2.94. The summed E-state index contributed by atoms with van der Waals surface area (Å²) in [5, 5.41) is 0. The van der Waals surface area contributed by atoms with Gasteiger partial charge in [0, 0.05) is 11.5 Å². The molecule has 5 heteroatoms. The van der Waals surface area contributed by atoms with Crippen molar-refractivity contribution in [3.05, 3.63) is 24.3 Å². The molecule has 0 amide bonds. The fourth-order valence-corrected chi connectivity index (χ4v) is 8.58. The Bertz CT molecular complexity index is 579. The number of benzene rings is 1. The molecule has 0 N–H and O–H groups in total. The van der Waals surface area contributed by atoms with Crippen molar-refractivity contribution in [2.75, 3.05) is 18.6 Å². The second-order valence-electron chi connectivity index (χ2n) is 7.01. The van der Waals surface area contributed by atoms with Gasteiger partial charge in [-0.1, -0.05) is 6.42 Å². The first-order valence-corrected chi connectivity index (χ1v) is 10.8. The maximum absolute atomic E-state index is 12.7. The minimum atomic E-state index is -0.0417. The van der Waals surface area contributed by atoms with Crippen LogP contribution >= 0.6 is 23.5 Å². The summed E-state index contributed by atoms with van der Waals surface area (Å²) < 4.78 is 11.2. The molecule has 4 rings (SSSR count). The quantitative estimate of drug-likeness (QED) is 0.578. The molecule has 0 aromatic heterocycles. The van der Waals surface area contributed by atoms with Crippen LogP contribution < -0.4 is 9.47 Å². The van der Waals surface area contributed by atoms with Crippen molar-refractivity contribution in [1.29, 1.82) is 0 Å². The number of rotatable bonds is 3. The van der Waals surface area contributed by atoms with Crippen LogP contribution in [0.2, 0.25) is 0 Å². The number of thioether (sulfide) groups is 2. The zero-order chi connectivity index (χ0) is 16.6. The summed E-state index contributed by atoms with van der Waals surface area (Å²) in [7, 11) is 1.64. The van der Waals surface area contributed by atoms with E-state index in [1.165, 1.54) is 30.8 Å². The van der Waals surface area contributed by atoms with E-state index in [4.69, 9.17) is 9.47 Å². The van der Waals surface area contributed by atoms with Gasteiger partial charge in [0.25, 0.3) is 0 Å². The fraction of sp³-hybridized carbons (Fsp3) is 0.632. The second-order valence-corrected chi connectivity index (χ2v) is 10.0. The number of esters is 1. The van der Waals surface area contributed by atoms with Gasteiger partial charge in [0.1, 0.15) is 11.5 Å². The summed E-state index contributed by atoms with van der Waals surface area (Å²) in [4.78, 5) is 12.7. The molecule has 24 heavy (non-hydrogen) atoms. The Balaban J connectivity index is 1.44. The fourth-order valence-electron chi connectivity index (χ4n) is 4.64. The van der Waals surface area contributed by atoms with Gasteiger partial charge in [-0.05, 0) is 61.8 Å². The van der Waals surface area contributed by atoms with Gasteiger partial charge in [0.2, 0.25) is 0 Å². The SMILES string of the molecule is COc1ccc(OC(=O)C2CC3CCCC(C2)C32SCCS2)cc1. The Morgan fingerprint density at radius 2 is 1.62 bits per heavy atom. The summed E-state index contributed by atoms with van der Waals surface area (Å²) in [5.74, 6) is 5.33. The number of hydrogen-bond donors (Lipinski definition) is 0. The summed E-state index contributed by atoms with van der Waals surface area (Å²) in [6.45, 7) is 0. The van der Waals surface area contributed by atoms with E-state index in [2.05, 4.69) is 23.5 Å². The molecule has 3 aliphatic rings. The summed E-state index contributed by atoms with van der Waals surface area (Å²) in [5.41, 5.74) is 0. The molecule has 0 radical (unpaired) electrons. The van der Waals surface area contributed by atoms with E-state index >= 15 is 0 Å². The number of carbonyl (C=O) groups excluding carboxylic acids is 1. The van der Waals surface area contributed by atoms with Crippen molar-refractivity contribution < 1.29 is 14.3 Å². The molecule has 1 aromatic carbocycles. The molecule has 1 aromatic rings. The topological polar surface area (TPSA) is 35.5 Å².